The van der Waals surface area contributed by atoms with Gasteiger partial charge in [-0.25, -0.2) is 13.8 Å². The van der Waals surface area contributed by atoms with Gasteiger partial charge in [-0.1, -0.05) is 83.9 Å². The summed E-state index contributed by atoms with van der Waals surface area (Å²) in [4.78, 5) is 57.8. The van der Waals surface area contributed by atoms with E-state index in [1.807, 2.05) is 48.5 Å². The second-order valence-corrected chi connectivity index (χ2v) is 13.9. The van der Waals surface area contributed by atoms with Crippen LogP contribution in [0.15, 0.2) is 94.9 Å². The number of benzene rings is 4. The number of rotatable bonds is 11. The molecule has 4 atom stereocenters. The lowest BCUT2D eigenvalue weighted by molar-refractivity contribution is -0.138. The summed E-state index contributed by atoms with van der Waals surface area (Å²) in [5.74, 6) is -4.30. The fourth-order valence-electron chi connectivity index (χ4n) is 6.60. The molecule has 16 heteroatoms. The van der Waals surface area contributed by atoms with Gasteiger partial charge in [0, 0.05) is 25.3 Å². The lowest BCUT2D eigenvalue weighted by Gasteiger charge is -2.20. The van der Waals surface area contributed by atoms with Crippen LogP contribution >= 0.6 is 23.2 Å². The molecule has 4 aromatic carbocycles. The number of guanidine groups is 2. The van der Waals surface area contributed by atoms with Gasteiger partial charge in [0.2, 0.25) is 11.6 Å². The van der Waals surface area contributed by atoms with Gasteiger partial charge < -0.3 is 33.6 Å². The molecular formula is C39H38Cl2F2N8O4. The molecule has 0 spiro atoms. The Labute approximate surface area is 325 Å². The third kappa shape index (κ3) is 10.4. The minimum atomic E-state index is -0.775. The summed E-state index contributed by atoms with van der Waals surface area (Å²) < 4.78 is 27.1. The predicted octanol–water partition coefficient (Wildman–Crippen LogP) is 3.54. The van der Waals surface area contributed by atoms with E-state index in [1.54, 1.807) is 0 Å². The van der Waals surface area contributed by atoms with Gasteiger partial charge in [-0.2, -0.15) is 0 Å². The molecule has 0 aliphatic heterocycles. The van der Waals surface area contributed by atoms with E-state index in [2.05, 4.69) is 20.6 Å². The fraction of sp³-hybridized carbons (Fsp3) is 0.231. The van der Waals surface area contributed by atoms with Crippen LogP contribution < -0.4 is 33.6 Å². The van der Waals surface area contributed by atoms with E-state index in [4.69, 9.17) is 46.1 Å². The minimum Gasteiger partial charge on any atom is -0.370 e. The van der Waals surface area contributed by atoms with Gasteiger partial charge in [0.1, 0.15) is 11.6 Å². The largest absolute Gasteiger partial charge is 0.370 e. The monoisotopic (exact) mass is 790 g/mol. The summed E-state index contributed by atoms with van der Waals surface area (Å²) in [6, 6.07) is 21.9. The van der Waals surface area contributed by atoms with E-state index in [9.17, 15) is 28.0 Å². The first-order chi connectivity index (χ1) is 26.2. The zero-order valence-corrected chi connectivity index (χ0v) is 30.8. The molecule has 0 radical (unpaired) electrons. The summed E-state index contributed by atoms with van der Waals surface area (Å²) in [7, 11) is 0. The third-order valence-corrected chi connectivity index (χ3v) is 9.76. The van der Waals surface area contributed by atoms with E-state index in [0.29, 0.717) is 30.5 Å². The average Bonchev–Trinajstić information content (AvgIpc) is 3.67. The molecule has 286 valence electrons. The molecule has 10 N–H and O–H groups in total. The first-order valence-corrected chi connectivity index (χ1v) is 17.8. The summed E-state index contributed by atoms with van der Waals surface area (Å²) >= 11 is 11.3. The molecule has 0 heterocycles. The van der Waals surface area contributed by atoms with Gasteiger partial charge in [-0.05, 0) is 70.5 Å². The molecule has 0 unspecified atom stereocenters. The van der Waals surface area contributed by atoms with Crippen LogP contribution in [0.3, 0.4) is 0 Å². The van der Waals surface area contributed by atoms with Crippen LogP contribution in [-0.4, -0.2) is 47.9 Å². The molecule has 0 aromatic heterocycles. The Morgan fingerprint density at radius 2 is 1.13 bits per heavy atom. The van der Waals surface area contributed by atoms with Crippen molar-refractivity contribution in [2.45, 2.75) is 43.8 Å². The average molecular weight is 792 g/mol. The van der Waals surface area contributed by atoms with E-state index < -0.39 is 47.1 Å². The summed E-state index contributed by atoms with van der Waals surface area (Å²) in [5, 5.41) is 5.43. The molecule has 2 amide bonds. The summed E-state index contributed by atoms with van der Waals surface area (Å²) in [6.45, 7) is 0.332. The number of fused-ring (bicyclic) bond motifs is 2. The van der Waals surface area contributed by atoms with Crippen LogP contribution in [0.2, 0.25) is 10.0 Å². The third-order valence-electron chi connectivity index (χ3n) is 9.15. The summed E-state index contributed by atoms with van der Waals surface area (Å²) in [6.07, 6.45) is 0.790. The summed E-state index contributed by atoms with van der Waals surface area (Å²) in [5.41, 5.74) is 26.5. The highest BCUT2D eigenvalue weighted by atomic mass is 35.5. The lowest BCUT2D eigenvalue weighted by Crippen LogP contribution is -2.39. The first kappa shape index (κ1) is 40.3. The van der Waals surface area contributed by atoms with E-state index in [-0.39, 0.29) is 46.8 Å². The Kier molecular flexibility index (Phi) is 13.2. The van der Waals surface area contributed by atoms with Crippen molar-refractivity contribution in [2.24, 2.45) is 38.8 Å². The maximum atomic E-state index is 13.5. The van der Waals surface area contributed by atoms with Crippen molar-refractivity contribution in [3.8, 4) is 0 Å². The van der Waals surface area contributed by atoms with Gasteiger partial charge in [0.05, 0.1) is 28.2 Å². The molecule has 0 saturated heterocycles. The maximum absolute atomic E-state index is 13.5. The molecule has 2 aliphatic carbocycles. The van der Waals surface area contributed by atoms with Crippen molar-refractivity contribution in [1.82, 2.24) is 10.6 Å². The quantitative estimate of drug-likeness (QED) is 0.0748. The second kappa shape index (κ2) is 18.0. The number of carbonyl (C=O) groups excluding carboxylic acids is 4. The number of hydrogen-bond donors (Lipinski definition) is 6. The van der Waals surface area contributed by atoms with Crippen LogP contribution in [0.4, 0.5) is 8.78 Å². The topological polar surface area (TPSA) is 221 Å². The Morgan fingerprint density at radius 3 is 1.62 bits per heavy atom. The standard InChI is InChI=1S/C20H20ClFN4O2.C19H18ClFN4O2/c21-15-6-5-11(7-16(15)22)8-17(27)19(28)26-18-13(10-25-20(23)24)9-12-3-1-2-4-14(12)18;20-13-6-5-10(7-14(13)21)8-16(26)18(27)25-17-12-4-2-1-3-11(12)9-15(17)24-19(22)23/h1-7,13,18H,8-10H2,(H,26,28)(H4,23,24,25);1-7,15,17H,8-9H2,(H,25,27)(H4,22,23,24)/t13-,18-;15-,17-/m10/s1. The zero-order chi connectivity index (χ0) is 39.8. The Morgan fingerprint density at radius 1 is 0.655 bits per heavy atom. The molecular weight excluding hydrogens is 753 g/mol. The molecule has 0 saturated carbocycles. The number of Topliss-reactive ketones (excluding diaryl/α,β-unsaturated/α-hetero) is 2. The number of nitrogens with zero attached hydrogens (tertiary/aromatic N) is 2. The van der Waals surface area contributed by atoms with Crippen LogP contribution in [0.1, 0.15) is 45.5 Å². The number of aliphatic imine (C=N–C) groups is 2. The molecule has 2 aliphatic rings. The highest BCUT2D eigenvalue weighted by Crippen LogP contribution is 2.36. The number of halogens is 4. The van der Waals surface area contributed by atoms with Crippen molar-refractivity contribution < 1.29 is 28.0 Å². The van der Waals surface area contributed by atoms with E-state index >= 15 is 0 Å². The molecule has 0 fully saturated rings. The smallest absolute Gasteiger partial charge is 0.288 e. The van der Waals surface area contributed by atoms with E-state index in [0.717, 1.165) is 34.4 Å². The number of ketones is 2. The number of amides is 2. The van der Waals surface area contributed by atoms with Crippen LogP contribution in [0.5, 0.6) is 0 Å². The lowest BCUT2D eigenvalue weighted by atomic mass is 10.00. The minimum absolute atomic E-state index is 0.0260. The fourth-order valence-corrected chi connectivity index (χ4v) is 6.83. The maximum Gasteiger partial charge on any atom is 0.288 e. The van der Waals surface area contributed by atoms with Gasteiger partial charge in [0.15, 0.2) is 11.9 Å². The van der Waals surface area contributed by atoms with Gasteiger partial charge in [-0.3, -0.25) is 24.2 Å². The molecule has 4 aromatic rings. The van der Waals surface area contributed by atoms with Crippen molar-refractivity contribution in [3.63, 3.8) is 0 Å². The SMILES string of the molecule is NC(N)=NC[C@H]1Cc2ccccc2[C@@H]1NC(=O)C(=O)Cc1ccc(Cl)c(F)c1.NC(N)=N[C@H]1Cc2ccccc2[C@@H]1NC(=O)C(=O)Cc1ccc(Cl)c(F)c1. The number of carbonyl (C=O) groups is 4. The molecule has 55 heavy (non-hydrogen) atoms. The number of nitrogens with one attached hydrogen (secondary N) is 2. The number of hydrogen-bond acceptors (Lipinski definition) is 6. The van der Waals surface area contributed by atoms with Crippen molar-refractivity contribution in [1.29, 1.82) is 0 Å². The van der Waals surface area contributed by atoms with Gasteiger partial charge >= 0.3 is 0 Å². The number of nitrogens with two attached hydrogens (primary N) is 4. The van der Waals surface area contributed by atoms with Crippen molar-refractivity contribution in [2.75, 3.05) is 6.54 Å². The normalized spacial score (nSPS) is 17.7. The Balaban J connectivity index is 0.000000211. The van der Waals surface area contributed by atoms with Gasteiger partial charge in [0.25, 0.3) is 11.8 Å². The van der Waals surface area contributed by atoms with Crippen molar-refractivity contribution >= 4 is 58.5 Å². The Bertz CT molecular complexity index is 2180. The Hall–Kier alpha value is -5.86. The molecule has 0 bridgehead atoms. The zero-order valence-electron chi connectivity index (χ0n) is 29.3. The van der Waals surface area contributed by atoms with E-state index in [1.165, 1.54) is 24.3 Å². The molecule has 6 rings (SSSR count). The van der Waals surface area contributed by atoms with Crippen LogP contribution in [-0.2, 0) is 44.9 Å². The second-order valence-electron chi connectivity index (χ2n) is 13.1. The first-order valence-electron chi connectivity index (χ1n) is 17.0. The highest BCUT2D eigenvalue weighted by Gasteiger charge is 2.36. The van der Waals surface area contributed by atoms with Gasteiger partial charge in [-0.15, -0.1) is 0 Å². The van der Waals surface area contributed by atoms with Crippen LogP contribution in [0.25, 0.3) is 0 Å². The van der Waals surface area contributed by atoms with Crippen LogP contribution in [0, 0.1) is 17.6 Å². The molecule has 12 nitrogen and oxygen atoms in total. The highest BCUT2D eigenvalue weighted by molar-refractivity contribution is 6.37. The predicted molar refractivity (Wildman–Crippen MR) is 206 cm³/mol. The van der Waals surface area contributed by atoms with Crippen molar-refractivity contribution in [3.05, 3.63) is 140 Å².